The number of hydrogen-bond donors (Lipinski definition) is 0. The number of halogens is 2. The minimum atomic E-state index is -3.17. The van der Waals surface area contributed by atoms with Gasteiger partial charge in [0, 0.05) is 11.6 Å². The Morgan fingerprint density at radius 1 is 1.67 bits per heavy atom. The number of aromatic nitrogens is 1. The predicted octanol–water partition coefficient (Wildman–Crippen LogP) is 1.59. The zero-order valence-electron chi connectivity index (χ0n) is 8.89. The highest BCUT2D eigenvalue weighted by molar-refractivity contribution is 5.95. The molecular weight excluding hydrogens is 252 g/mol. The molecule has 94 valence electrons. The standard InChI is InChI=1S/C9H5F2N3O4/c1-18-9(15)6-5(7(10)11)2-4(3-12)13-8(6)14(16)17/h2,7H,1H3. The maximum Gasteiger partial charge on any atom is 0.380 e. The van der Waals surface area contributed by atoms with E-state index in [1.807, 2.05) is 0 Å². The van der Waals surface area contributed by atoms with Gasteiger partial charge in [-0.1, -0.05) is 0 Å². The molecule has 7 nitrogen and oxygen atoms in total. The van der Waals surface area contributed by atoms with Crippen LogP contribution in [-0.4, -0.2) is 23.0 Å². The third-order valence-corrected chi connectivity index (χ3v) is 1.94. The van der Waals surface area contributed by atoms with E-state index in [0.29, 0.717) is 6.07 Å². The minimum absolute atomic E-state index is 0.579. The second-order valence-electron chi connectivity index (χ2n) is 2.96. The molecule has 0 saturated heterocycles. The summed E-state index contributed by atoms with van der Waals surface area (Å²) in [5.74, 6) is -2.44. The van der Waals surface area contributed by atoms with Crippen LogP contribution in [0.1, 0.15) is 28.0 Å². The number of carbonyl (C=O) groups is 1. The molecule has 0 aliphatic rings. The third-order valence-electron chi connectivity index (χ3n) is 1.94. The van der Waals surface area contributed by atoms with Crippen molar-refractivity contribution in [2.75, 3.05) is 7.11 Å². The molecule has 0 amide bonds. The van der Waals surface area contributed by atoms with Gasteiger partial charge in [-0.05, 0) is 9.91 Å². The minimum Gasteiger partial charge on any atom is -0.465 e. The van der Waals surface area contributed by atoms with Crippen molar-refractivity contribution < 1.29 is 23.2 Å². The van der Waals surface area contributed by atoms with E-state index >= 15 is 0 Å². The Hall–Kier alpha value is -2.63. The van der Waals surface area contributed by atoms with E-state index in [-0.39, 0.29) is 0 Å². The molecular formula is C9H5F2N3O4. The summed E-state index contributed by atoms with van der Waals surface area (Å²) in [6, 6.07) is 2.02. The summed E-state index contributed by atoms with van der Waals surface area (Å²) >= 11 is 0. The van der Waals surface area contributed by atoms with Gasteiger partial charge in [-0.15, -0.1) is 0 Å². The first kappa shape index (κ1) is 13.4. The maximum absolute atomic E-state index is 12.7. The Kier molecular flexibility index (Phi) is 3.83. The van der Waals surface area contributed by atoms with Gasteiger partial charge in [-0.3, -0.25) is 0 Å². The largest absolute Gasteiger partial charge is 0.465 e. The lowest BCUT2D eigenvalue weighted by Gasteiger charge is -2.06. The molecule has 0 aliphatic heterocycles. The summed E-state index contributed by atoms with van der Waals surface area (Å²) in [4.78, 5) is 24.0. The number of nitriles is 1. The fourth-order valence-corrected chi connectivity index (χ4v) is 1.22. The first-order valence-electron chi connectivity index (χ1n) is 4.38. The van der Waals surface area contributed by atoms with Gasteiger partial charge in [0.05, 0.1) is 7.11 Å². The van der Waals surface area contributed by atoms with Crippen molar-refractivity contribution in [2.24, 2.45) is 0 Å². The molecule has 0 fully saturated rings. The second kappa shape index (κ2) is 5.13. The van der Waals surface area contributed by atoms with Crippen molar-refractivity contribution in [1.29, 1.82) is 5.26 Å². The fraction of sp³-hybridized carbons (Fsp3) is 0.222. The number of alkyl halides is 2. The van der Waals surface area contributed by atoms with Crippen LogP contribution in [0.3, 0.4) is 0 Å². The van der Waals surface area contributed by atoms with Gasteiger partial charge in [-0.25, -0.2) is 13.6 Å². The quantitative estimate of drug-likeness (QED) is 0.462. The molecule has 0 saturated carbocycles. The molecule has 0 aromatic carbocycles. The molecule has 0 radical (unpaired) electrons. The highest BCUT2D eigenvalue weighted by Gasteiger charge is 2.32. The Balaban J connectivity index is 3.67. The van der Waals surface area contributed by atoms with Crippen LogP contribution in [0.2, 0.25) is 0 Å². The number of hydrogen-bond acceptors (Lipinski definition) is 6. The molecule has 1 aromatic rings. The lowest BCUT2D eigenvalue weighted by atomic mass is 10.1. The van der Waals surface area contributed by atoms with Crippen molar-refractivity contribution >= 4 is 11.8 Å². The number of esters is 1. The highest BCUT2D eigenvalue weighted by atomic mass is 19.3. The van der Waals surface area contributed by atoms with Crippen molar-refractivity contribution in [3.8, 4) is 6.07 Å². The Morgan fingerprint density at radius 2 is 2.28 bits per heavy atom. The Morgan fingerprint density at radius 3 is 2.67 bits per heavy atom. The first-order chi connectivity index (χ1) is 8.42. The Labute approximate surface area is 98.8 Å². The van der Waals surface area contributed by atoms with E-state index in [1.54, 1.807) is 0 Å². The maximum atomic E-state index is 12.7. The van der Waals surface area contributed by atoms with Crippen molar-refractivity contribution in [1.82, 2.24) is 4.98 Å². The molecule has 18 heavy (non-hydrogen) atoms. The summed E-state index contributed by atoms with van der Waals surface area (Å²) in [7, 11) is 0.888. The molecule has 0 N–H and O–H groups in total. The third kappa shape index (κ3) is 2.37. The molecule has 0 atom stereocenters. The number of nitro groups is 1. The van der Waals surface area contributed by atoms with Crippen molar-refractivity contribution in [3.63, 3.8) is 0 Å². The number of methoxy groups -OCH3 is 1. The zero-order chi connectivity index (χ0) is 13.9. The van der Waals surface area contributed by atoms with Crippen LogP contribution >= 0.6 is 0 Å². The van der Waals surface area contributed by atoms with Crippen LogP contribution in [-0.2, 0) is 4.74 Å². The number of ether oxygens (including phenoxy) is 1. The second-order valence-corrected chi connectivity index (χ2v) is 2.96. The molecule has 1 heterocycles. The molecule has 9 heteroatoms. The summed E-state index contributed by atoms with van der Waals surface area (Å²) in [6.45, 7) is 0. The van der Waals surface area contributed by atoms with Gasteiger partial charge in [0.15, 0.2) is 5.56 Å². The van der Waals surface area contributed by atoms with Crippen LogP contribution < -0.4 is 0 Å². The summed E-state index contributed by atoms with van der Waals surface area (Å²) in [5, 5.41) is 19.2. The smallest absolute Gasteiger partial charge is 0.380 e. The van der Waals surface area contributed by atoms with Crippen LogP contribution in [0.15, 0.2) is 6.07 Å². The summed E-state index contributed by atoms with van der Waals surface area (Å²) < 4.78 is 29.6. The van der Waals surface area contributed by atoms with E-state index in [2.05, 4.69) is 9.72 Å². The highest BCUT2D eigenvalue weighted by Crippen LogP contribution is 2.29. The monoisotopic (exact) mass is 257 g/mol. The average Bonchev–Trinajstić information content (AvgIpc) is 2.35. The van der Waals surface area contributed by atoms with Gasteiger partial charge in [0.25, 0.3) is 12.1 Å². The summed E-state index contributed by atoms with van der Waals surface area (Å²) in [6.07, 6.45) is -3.17. The average molecular weight is 257 g/mol. The molecule has 0 bridgehead atoms. The fourth-order valence-electron chi connectivity index (χ4n) is 1.22. The normalized spacial score (nSPS) is 9.94. The number of carbonyl (C=O) groups excluding carboxylic acids is 1. The molecule has 1 aromatic heterocycles. The first-order valence-corrected chi connectivity index (χ1v) is 4.38. The van der Waals surface area contributed by atoms with Crippen LogP contribution in [0, 0.1) is 21.4 Å². The van der Waals surface area contributed by atoms with E-state index in [1.165, 1.54) is 6.07 Å². The topological polar surface area (TPSA) is 106 Å². The zero-order valence-corrected chi connectivity index (χ0v) is 8.89. The lowest BCUT2D eigenvalue weighted by molar-refractivity contribution is -0.390. The van der Waals surface area contributed by atoms with Crippen molar-refractivity contribution in [2.45, 2.75) is 6.43 Å². The van der Waals surface area contributed by atoms with E-state index < -0.39 is 40.0 Å². The SMILES string of the molecule is COC(=O)c1c(C(F)F)cc(C#N)nc1[N+](=O)[O-]. The molecule has 0 spiro atoms. The van der Waals surface area contributed by atoms with Gasteiger partial charge in [-0.2, -0.15) is 5.26 Å². The lowest BCUT2D eigenvalue weighted by Crippen LogP contribution is -2.12. The van der Waals surface area contributed by atoms with E-state index in [4.69, 9.17) is 5.26 Å². The van der Waals surface area contributed by atoms with Crippen molar-refractivity contribution in [3.05, 3.63) is 33.0 Å². The van der Waals surface area contributed by atoms with Gasteiger partial charge >= 0.3 is 11.8 Å². The Bertz CT molecular complexity index is 553. The molecule has 1 rings (SSSR count). The van der Waals surface area contributed by atoms with Gasteiger partial charge < -0.3 is 14.9 Å². The molecule has 0 aliphatic carbocycles. The summed E-state index contributed by atoms with van der Waals surface area (Å²) in [5.41, 5.74) is -2.48. The van der Waals surface area contributed by atoms with E-state index in [0.717, 1.165) is 7.11 Å². The molecule has 0 unspecified atom stereocenters. The van der Waals surface area contributed by atoms with Gasteiger partial charge in [0.1, 0.15) is 6.07 Å². The van der Waals surface area contributed by atoms with Crippen LogP contribution in [0.4, 0.5) is 14.6 Å². The number of nitrogens with zero attached hydrogens (tertiary/aromatic N) is 3. The van der Waals surface area contributed by atoms with E-state index in [9.17, 15) is 23.7 Å². The van der Waals surface area contributed by atoms with Gasteiger partial charge in [0.2, 0.25) is 0 Å². The van der Waals surface area contributed by atoms with Crippen LogP contribution in [0.5, 0.6) is 0 Å². The van der Waals surface area contributed by atoms with Crippen LogP contribution in [0.25, 0.3) is 0 Å². The number of pyridine rings is 1. The predicted molar refractivity (Wildman–Crippen MR) is 51.9 cm³/mol. The number of rotatable bonds is 3.